The summed E-state index contributed by atoms with van der Waals surface area (Å²) in [6.45, 7) is 3.31. The summed E-state index contributed by atoms with van der Waals surface area (Å²) < 4.78 is 5.45. The molecule has 6 heteroatoms. The predicted molar refractivity (Wildman–Crippen MR) is 104 cm³/mol. The van der Waals surface area contributed by atoms with Crippen molar-refractivity contribution in [1.29, 1.82) is 0 Å². The van der Waals surface area contributed by atoms with Crippen LogP contribution >= 0.6 is 11.6 Å². The van der Waals surface area contributed by atoms with E-state index in [1.165, 1.54) is 0 Å². The van der Waals surface area contributed by atoms with Crippen LogP contribution in [-0.4, -0.2) is 34.0 Å². The Morgan fingerprint density at radius 2 is 1.96 bits per heavy atom. The zero-order chi connectivity index (χ0) is 18.8. The molecule has 0 N–H and O–H groups in total. The van der Waals surface area contributed by atoms with Crippen molar-refractivity contribution < 1.29 is 9.32 Å². The van der Waals surface area contributed by atoms with E-state index in [0.29, 0.717) is 31.2 Å². The third-order valence-electron chi connectivity index (χ3n) is 4.98. The maximum atomic E-state index is 12.4. The number of aromatic nitrogens is 2. The molecule has 2 aromatic carbocycles. The van der Waals surface area contributed by atoms with Crippen LogP contribution in [0.2, 0.25) is 5.02 Å². The number of hydrogen-bond donors (Lipinski definition) is 0. The van der Waals surface area contributed by atoms with Crippen molar-refractivity contribution in [3.63, 3.8) is 0 Å². The molecule has 4 rings (SSSR count). The van der Waals surface area contributed by atoms with Gasteiger partial charge in [-0.05, 0) is 42.7 Å². The van der Waals surface area contributed by atoms with Gasteiger partial charge in [0.25, 0.3) is 5.89 Å². The SMILES string of the molecule is Cc1ccccc1-c1nc(C2CC(=O)N(CCc3ccc(Cl)cc3)C2)no1. The van der Waals surface area contributed by atoms with E-state index in [2.05, 4.69) is 10.1 Å². The Kier molecular flexibility index (Phi) is 4.94. The number of nitrogens with zero attached hydrogens (tertiary/aromatic N) is 3. The first-order valence-corrected chi connectivity index (χ1v) is 9.40. The van der Waals surface area contributed by atoms with E-state index in [0.717, 1.165) is 28.1 Å². The summed E-state index contributed by atoms with van der Waals surface area (Å²) in [4.78, 5) is 18.8. The number of amides is 1. The third kappa shape index (κ3) is 3.88. The smallest absolute Gasteiger partial charge is 0.258 e. The van der Waals surface area contributed by atoms with Gasteiger partial charge in [-0.3, -0.25) is 4.79 Å². The largest absolute Gasteiger partial charge is 0.342 e. The standard InChI is InChI=1S/C21H20ClN3O2/c1-14-4-2-3-5-18(14)21-23-20(24-27-21)16-12-19(26)25(13-16)11-10-15-6-8-17(22)9-7-15/h2-9,16H,10-13H2,1H3. The van der Waals surface area contributed by atoms with Gasteiger partial charge < -0.3 is 9.42 Å². The molecular weight excluding hydrogens is 362 g/mol. The molecule has 2 heterocycles. The number of likely N-dealkylation sites (tertiary alicyclic amines) is 1. The highest BCUT2D eigenvalue weighted by molar-refractivity contribution is 6.30. The highest BCUT2D eigenvalue weighted by atomic mass is 35.5. The summed E-state index contributed by atoms with van der Waals surface area (Å²) in [5, 5.41) is 4.85. The van der Waals surface area contributed by atoms with E-state index in [1.807, 2.05) is 60.4 Å². The summed E-state index contributed by atoms with van der Waals surface area (Å²) in [7, 11) is 0. The van der Waals surface area contributed by atoms with Crippen LogP contribution in [0.3, 0.4) is 0 Å². The topological polar surface area (TPSA) is 59.2 Å². The highest BCUT2D eigenvalue weighted by Crippen LogP contribution is 2.29. The maximum absolute atomic E-state index is 12.4. The van der Waals surface area contributed by atoms with Crippen molar-refractivity contribution in [2.75, 3.05) is 13.1 Å². The monoisotopic (exact) mass is 381 g/mol. The van der Waals surface area contributed by atoms with Crippen molar-refractivity contribution in [2.24, 2.45) is 0 Å². The molecule has 1 aliphatic heterocycles. The Balaban J connectivity index is 1.42. The Morgan fingerprint density at radius 1 is 1.19 bits per heavy atom. The molecule has 1 atom stereocenters. The van der Waals surface area contributed by atoms with Crippen LogP contribution < -0.4 is 0 Å². The van der Waals surface area contributed by atoms with Crippen LogP contribution in [0.15, 0.2) is 53.1 Å². The number of benzene rings is 2. The minimum Gasteiger partial charge on any atom is -0.342 e. The van der Waals surface area contributed by atoms with E-state index in [1.54, 1.807) is 0 Å². The Hall–Kier alpha value is -2.66. The number of carbonyl (C=O) groups is 1. The molecule has 0 saturated carbocycles. The van der Waals surface area contributed by atoms with Gasteiger partial charge in [-0.1, -0.05) is 47.1 Å². The molecule has 27 heavy (non-hydrogen) atoms. The van der Waals surface area contributed by atoms with Gasteiger partial charge in [-0.2, -0.15) is 4.98 Å². The molecule has 0 aliphatic carbocycles. The molecule has 138 valence electrons. The van der Waals surface area contributed by atoms with Gasteiger partial charge >= 0.3 is 0 Å². The average Bonchev–Trinajstić information content (AvgIpc) is 3.29. The van der Waals surface area contributed by atoms with E-state index in [-0.39, 0.29) is 11.8 Å². The molecule has 1 aromatic heterocycles. The average molecular weight is 382 g/mol. The van der Waals surface area contributed by atoms with Gasteiger partial charge in [0.1, 0.15) is 0 Å². The second kappa shape index (κ2) is 7.53. The summed E-state index contributed by atoms with van der Waals surface area (Å²) in [5.74, 6) is 1.23. The van der Waals surface area contributed by atoms with Crippen molar-refractivity contribution in [1.82, 2.24) is 15.0 Å². The minimum absolute atomic E-state index is 0.0239. The first-order valence-electron chi connectivity index (χ1n) is 9.02. The van der Waals surface area contributed by atoms with Crippen LogP contribution in [0.5, 0.6) is 0 Å². The minimum atomic E-state index is -0.0239. The van der Waals surface area contributed by atoms with Crippen LogP contribution in [-0.2, 0) is 11.2 Å². The molecule has 0 spiro atoms. The van der Waals surface area contributed by atoms with Gasteiger partial charge in [-0.15, -0.1) is 0 Å². The quantitative estimate of drug-likeness (QED) is 0.662. The van der Waals surface area contributed by atoms with E-state index in [4.69, 9.17) is 16.1 Å². The summed E-state index contributed by atoms with van der Waals surface area (Å²) in [6.07, 6.45) is 1.23. The van der Waals surface area contributed by atoms with E-state index < -0.39 is 0 Å². The Morgan fingerprint density at radius 3 is 2.74 bits per heavy atom. The van der Waals surface area contributed by atoms with Crippen molar-refractivity contribution in [2.45, 2.75) is 25.7 Å². The summed E-state index contributed by atoms with van der Waals surface area (Å²) in [5.41, 5.74) is 3.18. The first-order chi connectivity index (χ1) is 13.1. The Bertz CT molecular complexity index is 952. The molecule has 0 radical (unpaired) electrons. The fourth-order valence-corrected chi connectivity index (χ4v) is 3.53. The number of hydrogen-bond acceptors (Lipinski definition) is 4. The summed E-state index contributed by atoms with van der Waals surface area (Å²) in [6, 6.07) is 15.6. The normalized spacial score (nSPS) is 16.9. The zero-order valence-corrected chi connectivity index (χ0v) is 15.8. The van der Waals surface area contributed by atoms with Gasteiger partial charge in [-0.25, -0.2) is 0 Å². The van der Waals surface area contributed by atoms with Crippen LogP contribution in [0.25, 0.3) is 11.5 Å². The summed E-state index contributed by atoms with van der Waals surface area (Å²) >= 11 is 5.92. The van der Waals surface area contributed by atoms with Crippen LogP contribution in [0.1, 0.15) is 29.3 Å². The van der Waals surface area contributed by atoms with Gasteiger partial charge in [0, 0.05) is 36.0 Å². The number of halogens is 1. The lowest BCUT2D eigenvalue weighted by Gasteiger charge is -2.15. The lowest BCUT2D eigenvalue weighted by atomic mass is 10.1. The zero-order valence-electron chi connectivity index (χ0n) is 15.1. The molecule has 1 unspecified atom stereocenters. The van der Waals surface area contributed by atoms with E-state index in [9.17, 15) is 4.79 Å². The van der Waals surface area contributed by atoms with Crippen molar-refractivity contribution in [3.8, 4) is 11.5 Å². The molecule has 1 saturated heterocycles. The number of carbonyl (C=O) groups excluding carboxylic acids is 1. The molecular formula is C21H20ClN3O2. The first kappa shape index (κ1) is 17.7. The van der Waals surface area contributed by atoms with Crippen LogP contribution in [0, 0.1) is 6.92 Å². The van der Waals surface area contributed by atoms with Crippen molar-refractivity contribution >= 4 is 17.5 Å². The lowest BCUT2D eigenvalue weighted by Crippen LogP contribution is -2.27. The molecule has 1 fully saturated rings. The van der Waals surface area contributed by atoms with Gasteiger partial charge in [0.15, 0.2) is 5.82 Å². The number of aryl methyl sites for hydroxylation is 1. The second-order valence-corrected chi connectivity index (χ2v) is 7.33. The van der Waals surface area contributed by atoms with Crippen molar-refractivity contribution in [3.05, 3.63) is 70.5 Å². The molecule has 5 nitrogen and oxygen atoms in total. The fourth-order valence-electron chi connectivity index (χ4n) is 3.40. The number of rotatable bonds is 5. The van der Waals surface area contributed by atoms with E-state index >= 15 is 0 Å². The maximum Gasteiger partial charge on any atom is 0.258 e. The third-order valence-corrected chi connectivity index (χ3v) is 5.23. The molecule has 1 aliphatic rings. The fraction of sp³-hybridized carbons (Fsp3) is 0.286. The molecule has 0 bridgehead atoms. The van der Waals surface area contributed by atoms with Gasteiger partial charge in [0.05, 0.1) is 0 Å². The molecule has 3 aromatic rings. The molecule has 1 amide bonds. The second-order valence-electron chi connectivity index (χ2n) is 6.89. The van der Waals surface area contributed by atoms with Gasteiger partial charge in [0.2, 0.25) is 5.91 Å². The lowest BCUT2D eigenvalue weighted by molar-refractivity contribution is -0.127. The highest BCUT2D eigenvalue weighted by Gasteiger charge is 2.33. The predicted octanol–water partition coefficient (Wildman–Crippen LogP) is 4.26. The Labute approximate surface area is 163 Å². The van der Waals surface area contributed by atoms with Crippen LogP contribution in [0.4, 0.5) is 0 Å².